The van der Waals surface area contributed by atoms with Gasteiger partial charge in [0.15, 0.2) is 0 Å². The van der Waals surface area contributed by atoms with Crippen molar-refractivity contribution in [3.63, 3.8) is 0 Å². The molecule has 0 saturated heterocycles. The van der Waals surface area contributed by atoms with Crippen LogP contribution in [0.1, 0.15) is 62.6 Å². The van der Waals surface area contributed by atoms with Crippen molar-refractivity contribution < 1.29 is 4.79 Å². The molecular formula is C18H26ClNO. The lowest BCUT2D eigenvalue weighted by Gasteiger charge is -2.46. The van der Waals surface area contributed by atoms with E-state index in [1.165, 1.54) is 16.7 Å². The molecule has 1 amide bonds. The summed E-state index contributed by atoms with van der Waals surface area (Å²) in [7, 11) is 0. The van der Waals surface area contributed by atoms with E-state index < -0.39 is 0 Å². The number of alkyl halides is 1. The molecule has 2 rings (SSSR count). The molecule has 2 nitrogen and oxygen atoms in total. The van der Waals surface area contributed by atoms with Gasteiger partial charge in [0.05, 0.1) is 0 Å². The van der Waals surface area contributed by atoms with E-state index in [0.717, 1.165) is 18.5 Å². The van der Waals surface area contributed by atoms with Crippen molar-refractivity contribution in [2.24, 2.45) is 0 Å². The topological polar surface area (TPSA) is 20.3 Å². The van der Waals surface area contributed by atoms with Gasteiger partial charge in [-0.05, 0) is 69.2 Å². The molecule has 21 heavy (non-hydrogen) atoms. The molecule has 0 aromatic heterocycles. The lowest BCUT2D eigenvalue weighted by Crippen LogP contribution is -2.51. The third-order valence-corrected chi connectivity index (χ3v) is 4.87. The maximum absolute atomic E-state index is 12.7. The van der Waals surface area contributed by atoms with Gasteiger partial charge < -0.3 is 4.90 Å². The molecule has 1 aliphatic rings. The number of hydrogen-bond donors (Lipinski definition) is 0. The number of amides is 1. The van der Waals surface area contributed by atoms with Crippen molar-refractivity contribution >= 4 is 23.2 Å². The number of hydrogen-bond acceptors (Lipinski definition) is 1. The highest BCUT2D eigenvalue weighted by atomic mass is 35.5. The summed E-state index contributed by atoms with van der Waals surface area (Å²) in [5, 5.41) is 0. The number of rotatable bonds is 3. The van der Waals surface area contributed by atoms with E-state index in [1.54, 1.807) is 0 Å². The molecule has 1 aliphatic heterocycles. The SMILES string of the molecule is Cc1cc2c(cc1C)N(C(=O)CCCCl)C(C)(C)C[C@H]2C. The van der Waals surface area contributed by atoms with Gasteiger partial charge in [0, 0.05) is 23.5 Å². The van der Waals surface area contributed by atoms with Crippen LogP contribution in [-0.4, -0.2) is 17.3 Å². The molecule has 0 bridgehead atoms. The molecule has 0 aliphatic carbocycles. The first kappa shape index (κ1) is 16.4. The van der Waals surface area contributed by atoms with E-state index in [1.807, 2.05) is 4.90 Å². The third kappa shape index (κ3) is 3.11. The summed E-state index contributed by atoms with van der Waals surface area (Å²) in [6, 6.07) is 4.44. The molecule has 1 aromatic rings. The molecule has 0 spiro atoms. The Kier molecular flexibility index (Phi) is 4.67. The predicted octanol–water partition coefficient (Wildman–Crippen LogP) is 4.94. The van der Waals surface area contributed by atoms with Gasteiger partial charge >= 0.3 is 0 Å². The van der Waals surface area contributed by atoms with Crippen LogP contribution in [0.3, 0.4) is 0 Å². The lowest BCUT2D eigenvalue weighted by atomic mass is 9.79. The standard InChI is InChI=1S/C18H26ClNO/c1-12-9-15-14(3)11-18(4,5)20(16(15)10-13(12)2)17(21)7-6-8-19/h9-10,14H,6-8,11H2,1-5H3/t14-/m1/s1. The van der Waals surface area contributed by atoms with Gasteiger partial charge in [-0.15, -0.1) is 11.6 Å². The number of halogens is 1. The molecule has 1 atom stereocenters. The van der Waals surface area contributed by atoms with Gasteiger partial charge in [-0.2, -0.15) is 0 Å². The van der Waals surface area contributed by atoms with E-state index in [9.17, 15) is 4.79 Å². The number of aryl methyl sites for hydroxylation is 2. The largest absolute Gasteiger partial charge is 0.307 e. The maximum atomic E-state index is 12.7. The minimum absolute atomic E-state index is 0.141. The summed E-state index contributed by atoms with van der Waals surface area (Å²) in [5.74, 6) is 1.21. The summed E-state index contributed by atoms with van der Waals surface area (Å²) in [6.45, 7) is 10.8. The van der Waals surface area contributed by atoms with Gasteiger partial charge in [0.1, 0.15) is 0 Å². The molecule has 0 N–H and O–H groups in total. The van der Waals surface area contributed by atoms with Crippen molar-refractivity contribution in [1.29, 1.82) is 0 Å². The fourth-order valence-corrected chi connectivity index (χ4v) is 3.62. The first-order chi connectivity index (χ1) is 9.77. The fourth-order valence-electron chi connectivity index (χ4n) is 3.49. The summed E-state index contributed by atoms with van der Waals surface area (Å²) in [6.07, 6.45) is 2.26. The van der Waals surface area contributed by atoms with Gasteiger partial charge in [-0.3, -0.25) is 4.79 Å². The van der Waals surface area contributed by atoms with Crippen molar-refractivity contribution in [2.75, 3.05) is 10.8 Å². The number of carbonyl (C=O) groups is 1. The molecule has 1 aromatic carbocycles. The van der Waals surface area contributed by atoms with Gasteiger partial charge in [-0.1, -0.05) is 13.0 Å². The number of nitrogens with zero attached hydrogens (tertiary/aromatic N) is 1. The van der Waals surface area contributed by atoms with Crippen LogP contribution in [0.5, 0.6) is 0 Å². The number of carbonyl (C=O) groups excluding carboxylic acids is 1. The number of anilines is 1. The number of fused-ring (bicyclic) bond motifs is 1. The maximum Gasteiger partial charge on any atom is 0.227 e. The smallest absolute Gasteiger partial charge is 0.227 e. The van der Waals surface area contributed by atoms with Crippen molar-refractivity contribution in [3.05, 3.63) is 28.8 Å². The molecule has 0 fully saturated rings. The Balaban J connectivity index is 2.50. The monoisotopic (exact) mass is 307 g/mol. The fraction of sp³-hybridized carbons (Fsp3) is 0.611. The van der Waals surface area contributed by atoms with Crippen LogP contribution in [0.2, 0.25) is 0 Å². The van der Waals surface area contributed by atoms with Crippen LogP contribution in [0.4, 0.5) is 5.69 Å². The lowest BCUT2D eigenvalue weighted by molar-refractivity contribution is -0.119. The highest BCUT2D eigenvalue weighted by Crippen LogP contribution is 2.44. The van der Waals surface area contributed by atoms with Crippen LogP contribution in [0.15, 0.2) is 12.1 Å². The quantitative estimate of drug-likeness (QED) is 0.724. The Hall–Kier alpha value is -1.02. The summed E-state index contributed by atoms with van der Waals surface area (Å²) >= 11 is 5.75. The normalized spacial score (nSPS) is 20.3. The molecule has 0 unspecified atom stereocenters. The van der Waals surface area contributed by atoms with Crippen molar-refractivity contribution in [2.45, 2.75) is 65.3 Å². The highest BCUT2D eigenvalue weighted by molar-refractivity contribution is 6.18. The Bertz CT molecular complexity index is 550. The predicted molar refractivity (Wildman–Crippen MR) is 90.5 cm³/mol. The van der Waals surface area contributed by atoms with Crippen LogP contribution >= 0.6 is 11.6 Å². The van der Waals surface area contributed by atoms with E-state index in [2.05, 4.69) is 46.8 Å². The van der Waals surface area contributed by atoms with E-state index in [-0.39, 0.29) is 11.4 Å². The molecule has 1 heterocycles. The van der Waals surface area contributed by atoms with Crippen LogP contribution < -0.4 is 4.90 Å². The van der Waals surface area contributed by atoms with Crippen LogP contribution in [-0.2, 0) is 4.79 Å². The van der Waals surface area contributed by atoms with E-state index >= 15 is 0 Å². The van der Waals surface area contributed by atoms with Crippen LogP contribution in [0, 0.1) is 13.8 Å². The van der Waals surface area contributed by atoms with E-state index in [0.29, 0.717) is 18.2 Å². The molecule has 3 heteroatoms. The first-order valence-corrected chi connectivity index (χ1v) is 8.31. The zero-order chi connectivity index (χ0) is 15.8. The minimum atomic E-state index is -0.141. The second-order valence-electron chi connectivity index (χ2n) is 6.93. The minimum Gasteiger partial charge on any atom is -0.307 e. The Morgan fingerprint density at radius 3 is 2.57 bits per heavy atom. The second-order valence-corrected chi connectivity index (χ2v) is 7.31. The van der Waals surface area contributed by atoms with Crippen LogP contribution in [0.25, 0.3) is 0 Å². The van der Waals surface area contributed by atoms with Gasteiger partial charge in [-0.25, -0.2) is 0 Å². The zero-order valence-corrected chi connectivity index (χ0v) is 14.5. The first-order valence-electron chi connectivity index (χ1n) is 7.78. The molecule has 0 radical (unpaired) electrons. The van der Waals surface area contributed by atoms with Crippen molar-refractivity contribution in [1.82, 2.24) is 0 Å². The number of benzene rings is 1. The average molecular weight is 308 g/mol. The Labute approximate surface area is 133 Å². The highest BCUT2D eigenvalue weighted by Gasteiger charge is 2.39. The summed E-state index contributed by atoms with van der Waals surface area (Å²) in [4.78, 5) is 14.7. The average Bonchev–Trinajstić information content (AvgIpc) is 2.38. The van der Waals surface area contributed by atoms with E-state index in [4.69, 9.17) is 11.6 Å². The van der Waals surface area contributed by atoms with Gasteiger partial charge in [0.25, 0.3) is 0 Å². The van der Waals surface area contributed by atoms with Gasteiger partial charge in [0.2, 0.25) is 5.91 Å². The molecular weight excluding hydrogens is 282 g/mol. The zero-order valence-electron chi connectivity index (χ0n) is 13.8. The summed E-state index contributed by atoms with van der Waals surface area (Å²) in [5.41, 5.74) is 4.80. The molecule has 0 saturated carbocycles. The summed E-state index contributed by atoms with van der Waals surface area (Å²) < 4.78 is 0. The second kappa shape index (κ2) is 6.00. The van der Waals surface area contributed by atoms with Crippen molar-refractivity contribution in [3.8, 4) is 0 Å². The third-order valence-electron chi connectivity index (χ3n) is 4.60. The molecule has 116 valence electrons. The Morgan fingerprint density at radius 1 is 1.33 bits per heavy atom. The Morgan fingerprint density at radius 2 is 1.95 bits per heavy atom.